The molecule has 0 radical (unpaired) electrons. The van der Waals surface area contributed by atoms with Gasteiger partial charge in [-0.2, -0.15) is 0 Å². The zero-order chi connectivity index (χ0) is 19.9. The van der Waals surface area contributed by atoms with Gasteiger partial charge in [-0.05, 0) is 39.2 Å². The highest BCUT2D eigenvalue weighted by molar-refractivity contribution is 5.98. The van der Waals surface area contributed by atoms with Gasteiger partial charge in [-0.15, -0.1) is 0 Å². The molecule has 0 aromatic rings. The highest BCUT2D eigenvalue weighted by Gasteiger charge is 2.38. The fraction of sp³-hybridized carbons (Fsp3) is 0.913. The van der Waals surface area contributed by atoms with E-state index in [4.69, 9.17) is 0 Å². The van der Waals surface area contributed by atoms with Crippen LogP contribution in [0.15, 0.2) is 0 Å². The zero-order valence-corrected chi connectivity index (χ0v) is 18.2. The molecule has 28 heavy (non-hydrogen) atoms. The molecule has 5 nitrogen and oxygen atoms in total. The maximum Gasteiger partial charge on any atom is 0.232 e. The Labute approximate surface area is 171 Å². The van der Waals surface area contributed by atoms with E-state index in [1.165, 1.54) is 12.8 Å². The molecule has 5 heteroatoms. The Hall–Kier alpha value is -0.940. The molecule has 0 aromatic carbocycles. The molecule has 0 aromatic heterocycles. The molecule has 0 bridgehead atoms. The number of nitrogens with zero attached hydrogens (tertiary/aromatic N) is 3. The smallest absolute Gasteiger partial charge is 0.232 e. The van der Waals surface area contributed by atoms with Gasteiger partial charge >= 0.3 is 0 Å². The summed E-state index contributed by atoms with van der Waals surface area (Å²) in [5.41, 5.74) is 0. The Kier molecular flexibility index (Phi) is 8.34. The number of rotatable bonds is 6. The maximum atomic E-state index is 13.6. The Morgan fingerprint density at radius 3 is 1.71 bits per heavy atom. The number of carbonyl (C=O) groups excluding carboxylic acids is 2. The zero-order valence-electron chi connectivity index (χ0n) is 18.2. The fourth-order valence-electron chi connectivity index (χ4n) is 5.28. The van der Waals surface area contributed by atoms with E-state index in [1.54, 1.807) is 4.90 Å². The van der Waals surface area contributed by atoms with Gasteiger partial charge in [-0.3, -0.25) is 19.4 Å². The maximum absolute atomic E-state index is 13.6. The molecule has 0 N–H and O–H groups in total. The average Bonchev–Trinajstić information content (AvgIpc) is 2.75. The summed E-state index contributed by atoms with van der Waals surface area (Å²) < 4.78 is 0. The number of hydrogen-bond donors (Lipinski definition) is 0. The normalized spacial score (nSPS) is 24.8. The summed E-state index contributed by atoms with van der Waals surface area (Å²) >= 11 is 0. The van der Waals surface area contributed by atoms with Crippen molar-refractivity contribution in [3.05, 3.63) is 0 Å². The second-order valence-electron chi connectivity index (χ2n) is 9.38. The van der Waals surface area contributed by atoms with Gasteiger partial charge in [0.25, 0.3) is 0 Å². The molecule has 1 unspecified atom stereocenters. The minimum Gasteiger partial charge on any atom is -0.304 e. The molecule has 2 amide bonds. The van der Waals surface area contributed by atoms with Gasteiger partial charge in [-0.1, -0.05) is 45.4 Å². The van der Waals surface area contributed by atoms with E-state index in [1.807, 2.05) is 0 Å². The van der Waals surface area contributed by atoms with E-state index >= 15 is 0 Å². The van der Waals surface area contributed by atoms with E-state index < -0.39 is 0 Å². The van der Waals surface area contributed by atoms with Crippen LogP contribution < -0.4 is 0 Å². The largest absolute Gasteiger partial charge is 0.304 e. The lowest BCUT2D eigenvalue weighted by atomic mass is 9.85. The van der Waals surface area contributed by atoms with Crippen LogP contribution in [0.3, 0.4) is 0 Å². The first-order valence-corrected chi connectivity index (χ1v) is 11.9. The molecule has 1 aliphatic heterocycles. The lowest BCUT2D eigenvalue weighted by Crippen LogP contribution is -2.55. The summed E-state index contributed by atoms with van der Waals surface area (Å²) in [4.78, 5) is 33.7. The third kappa shape index (κ3) is 5.56. The molecule has 1 atom stereocenters. The summed E-state index contributed by atoms with van der Waals surface area (Å²) in [5, 5.41) is 0. The summed E-state index contributed by atoms with van der Waals surface area (Å²) in [6.07, 6.45) is 11.8. The van der Waals surface area contributed by atoms with Gasteiger partial charge in [0.1, 0.15) is 0 Å². The minimum absolute atomic E-state index is 0.0345. The summed E-state index contributed by atoms with van der Waals surface area (Å²) in [5.74, 6) is 0.443. The van der Waals surface area contributed by atoms with Crippen molar-refractivity contribution in [3.63, 3.8) is 0 Å². The van der Waals surface area contributed by atoms with Crippen molar-refractivity contribution in [2.75, 3.05) is 39.8 Å². The van der Waals surface area contributed by atoms with Crippen LogP contribution in [-0.4, -0.2) is 72.3 Å². The Morgan fingerprint density at radius 2 is 1.29 bits per heavy atom. The van der Waals surface area contributed by atoms with Crippen LogP contribution in [-0.2, 0) is 9.59 Å². The number of amides is 2. The topological polar surface area (TPSA) is 43.9 Å². The molecule has 3 fully saturated rings. The van der Waals surface area contributed by atoms with Crippen molar-refractivity contribution in [1.82, 2.24) is 14.7 Å². The van der Waals surface area contributed by atoms with Gasteiger partial charge in [0.15, 0.2) is 0 Å². The van der Waals surface area contributed by atoms with Crippen LogP contribution in [0.4, 0.5) is 0 Å². The van der Waals surface area contributed by atoms with E-state index in [2.05, 4.69) is 23.8 Å². The van der Waals surface area contributed by atoms with E-state index in [-0.39, 0.29) is 29.7 Å². The van der Waals surface area contributed by atoms with Crippen LogP contribution in [0.1, 0.15) is 77.6 Å². The fourth-order valence-corrected chi connectivity index (χ4v) is 5.28. The first-order chi connectivity index (χ1) is 13.6. The molecular formula is C23H41N3O2. The molecule has 160 valence electrons. The predicted octanol–water partition coefficient (Wildman–Crippen LogP) is 3.53. The van der Waals surface area contributed by atoms with Gasteiger partial charge in [0.05, 0.1) is 6.04 Å². The van der Waals surface area contributed by atoms with Crippen LogP contribution in [0.25, 0.3) is 0 Å². The second-order valence-corrected chi connectivity index (χ2v) is 9.38. The highest BCUT2D eigenvalue weighted by Crippen LogP contribution is 2.31. The monoisotopic (exact) mass is 391 g/mol. The van der Waals surface area contributed by atoms with E-state index in [9.17, 15) is 9.59 Å². The summed E-state index contributed by atoms with van der Waals surface area (Å²) in [7, 11) is 2.17. The Balaban J connectivity index is 1.74. The van der Waals surface area contributed by atoms with Gasteiger partial charge in [-0.25, -0.2) is 0 Å². The SMILES string of the molecule is CCC(CN1CCN(C)CC1)N(C(=O)C1CCCCC1)C(=O)C1CCCCC1. The van der Waals surface area contributed by atoms with Crippen molar-refractivity contribution in [1.29, 1.82) is 0 Å². The van der Waals surface area contributed by atoms with Crippen molar-refractivity contribution < 1.29 is 9.59 Å². The first kappa shape index (κ1) is 21.8. The molecule has 1 saturated heterocycles. The van der Waals surface area contributed by atoms with E-state index in [0.29, 0.717) is 0 Å². The molecule has 2 aliphatic carbocycles. The molecule has 1 heterocycles. The first-order valence-electron chi connectivity index (χ1n) is 11.9. The molecule has 2 saturated carbocycles. The predicted molar refractivity (Wildman–Crippen MR) is 113 cm³/mol. The summed E-state index contributed by atoms with van der Waals surface area (Å²) in [6.45, 7) is 7.22. The second kappa shape index (κ2) is 10.7. The Morgan fingerprint density at radius 1 is 0.821 bits per heavy atom. The average molecular weight is 392 g/mol. The summed E-state index contributed by atoms with van der Waals surface area (Å²) in [6, 6.07) is 0.0345. The molecule has 3 aliphatic rings. The van der Waals surface area contributed by atoms with Crippen LogP contribution in [0, 0.1) is 11.8 Å². The number of carbonyl (C=O) groups is 2. The van der Waals surface area contributed by atoms with Crippen molar-refractivity contribution in [2.24, 2.45) is 11.8 Å². The number of hydrogen-bond acceptors (Lipinski definition) is 4. The van der Waals surface area contributed by atoms with Crippen LogP contribution in [0.2, 0.25) is 0 Å². The van der Waals surface area contributed by atoms with E-state index in [0.717, 1.165) is 90.5 Å². The number of piperazine rings is 1. The van der Waals surface area contributed by atoms with Gasteiger partial charge in [0.2, 0.25) is 11.8 Å². The van der Waals surface area contributed by atoms with Crippen molar-refractivity contribution in [3.8, 4) is 0 Å². The standard InChI is InChI=1S/C23H41N3O2/c1-3-21(18-25-16-14-24(2)15-17-25)26(22(27)19-10-6-4-7-11-19)23(28)20-12-8-5-9-13-20/h19-21H,3-18H2,1-2H3. The minimum atomic E-state index is 0.0345. The molecule has 3 rings (SSSR count). The van der Waals surface area contributed by atoms with Gasteiger partial charge in [0, 0.05) is 44.6 Å². The number of imide groups is 1. The third-order valence-electron chi connectivity index (χ3n) is 7.28. The number of likely N-dealkylation sites (N-methyl/N-ethyl adjacent to an activating group) is 1. The van der Waals surface area contributed by atoms with Gasteiger partial charge < -0.3 is 4.90 Å². The van der Waals surface area contributed by atoms with Crippen molar-refractivity contribution >= 4 is 11.8 Å². The third-order valence-corrected chi connectivity index (χ3v) is 7.28. The molecular weight excluding hydrogens is 350 g/mol. The molecule has 0 spiro atoms. The van der Waals surface area contributed by atoms with Crippen LogP contribution in [0.5, 0.6) is 0 Å². The lowest BCUT2D eigenvalue weighted by Gasteiger charge is -2.40. The van der Waals surface area contributed by atoms with Crippen LogP contribution >= 0.6 is 0 Å². The quantitative estimate of drug-likeness (QED) is 0.650. The highest BCUT2D eigenvalue weighted by atomic mass is 16.2. The Bertz CT molecular complexity index is 474. The lowest BCUT2D eigenvalue weighted by molar-refractivity contribution is -0.155. The van der Waals surface area contributed by atoms with Crippen molar-refractivity contribution in [2.45, 2.75) is 83.6 Å².